The Morgan fingerprint density at radius 1 is 0.952 bits per heavy atom. The Morgan fingerprint density at radius 2 is 1.69 bits per heavy atom. The summed E-state index contributed by atoms with van der Waals surface area (Å²) in [7, 11) is -3.71. The number of ether oxygens (including phenoxy) is 1. The molecule has 3 amide bonds. The van der Waals surface area contributed by atoms with Gasteiger partial charge in [-0.15, -0.1) is 11.3 Å². The number of halogens is 1. The second-order valence-electron chi connectivity index (χ2n) is 17.1. The van der Waals surface area contributed by atoms with Crippen LogP contribution in [0.15, 0.2) is 54.7 Å². The number of carbonyl (C=O) groups excluding carboxylic acids is 3. The summed E-state index contributed by atoms with van der Waals surface area (Å²) < 4.78 is 49.8. The number of thiazole rings is 1. The number of nitrogens with zero attached hydrogens (tertiary/aromatic N) is 5. The van der Waals surface area contributed by atoms with Crippen molar-refractivity contribution in [3.8, 4) is 27.6 Å². The van der Waals surface area contributed by atoms with E-state index in [-0.39, 0.29) is 64.5 Å². The first-order valence-corrected chi connectivity index (χ1v) is 24.4. The van der Waals surface area contributed by atoms with Gasteiger partial charge in [0, 0.05) is 49.7 Å². The summed E-state index contributed by atoms with van der Waals surface area (Å²) in [6, 6.07) is 14.0. The molecule has 1 saturated carbocycles. The molecule has 5 heterocycles. The van der Waals surface area contributed by atoms with E-state index in [0.717, 1.165) is 100 Å². The Labute approximate surface area is 366 Å². The Hall–Kier alpha value is -5.00. The largest absolute Gasteiger partial charge is 0.490 e. The first kappa shape index (κ1) is 43.6. The zero-order valence-corrected chi connectivity index (χ0v) is 36.7. The van der Waals surface area contributed by atoms with Crippen LogP contribution in [0.3, 0.4) is 0 Å². The summed E-state index contributed by atoms with van der Waals surface area (Å²) in [6.07, 6.45) is 9.91. The molecule has 1 atom stereocenters. The monoisotopic (exact) mass is 886 g/mol. The van der Waals surface area contributed by atoms with Crippen molar-refractivity contribution >= 4 is 50.7 Å². The van der Waals surface area contributed by atoms with Crippen LogP contribution in [-0.2, 0) is 24.4 Å². The molecular weight excluding hydrogens is 832 g/mol. The highest BCUT2D eigenvalue weighted by molar-refractivity contribution is 7.92. The fraction of sp³-hybridized carbons (Fsp3) is 0.511. The standard InChI is InChI=1S/C45H55FN8O6S2/c1-2-26-62(58,59)52-36-5-3-4-35(39(36)46)40-41(37-16-21-48-45(47)49-37)61-43(51-40)30-19-22-53(23-20-30)27-28-17-24-54(25-18-28)44(57)31-8-12-33(13-9-31)60-32-10-6-29(7-11-32)34-14-15-38(55)50-42(34)56/h3-7,10-11,16,21,28,30-31,33-34,52H,2,8-9,12-15,17-20,22-27H2,1H3,(H2,47,48,49)(H,50,55,56)/t31?,33?,34-/m1/s1. The molecule has 3 saturated heterocycles. The van der Waals surface area contributed by atoms with Gasteiger partial charge < -0.3 is 20.3 Å². The number of hydrogen-bond acceptors (Lipinski definition) is 12. The SMILES string of the molecule is CCCS(=O)(=O)Nc1cccc(-c2nc(C3CCN(CC4CCN(C(=O)C5CCC(Oc6ccc([C@H]7CCC(=O)NC7=O)cc6)CC5)CC4)CC3)sc2-c2ccnc(N)n2)c1F. The van der Waals surface area contributed by atoms with E-state index in [1.54, 1.807) is 31.3 Å². The number of nitrogens with one attached hydrogen (secondary N) is 2. The van der Waals surface area contributed by atoms with Crippen LogP contribution >= 0.6 is 11.3 Å². The molecule has 0 radical (unpaired) electrons. The second-order valence-corrected chi connectivity index (χ2v) is 20.0. The van der Waals surface area contributed by atoms with Crippen LogP contribution in [0, 0.1) is 17.7 Å². The van der Waals surface area contributed by atoms with E-state index in [1.807, 2.05) is 24.3 Å². The van der Waals surface area contributed by atoms with Gasteiger partial charge in [-0.2, -0.15) is 0 Å². The summed E-state index contributed by atoms with van der Waals surface area (Å²) in [5.74, 6) is 0.244. The van der Waals surface area contributed by atoms with Gasteiger partial charge in [-0.1, -0.05) is 25.1 Å². The maximum absolute atomic E-state index is 16.1. The lowest BCUT2D eigenvalue weighted by Crippen LogP contribution is -2.45. The van der Waals surface area contributed by atoms with Crippen molar-refractivity contribution in [2.45, 2.75) is 95.5 Å². The van der Waals surface area contributed by atoms with Crippen molar-refractivity contribution in [3.63, 3.8) is 0 Å². The molecule has 4 fully saturated rings. The number of imide groups is 1. The first-order chi connectivity index (χ1) is 29.9. The molecule has 330 valence electrons. The highest BCUT2D eigenvalue weighted by atomic mass is 32.2. The molecule has 2 aromatic carbocycles. The number of nitrogens with two attached hydrogens (primary N) is 1. The van der Waals surface area contributed by atoms with Gasteiger partial charge in [0.25, 0.3) is 0 Å². The molecule has 4 N–H and O–H groups in total. The molecular formula is C45H55FN8O6S2. The van der Waals surface area contributed by atoms with Gasteiger partial charge >= 0.3 is 0 Å². The number of sulfonamides is 1. The van der Waals surface area contributed by atoms with Gasteiger partial charge in [0.05, 0.1) is 44.7 Å². The summed E-state index contributed by atoms with van der Waals surface area (Å²) in [5, 5.41) is 3.31. The fourth-order valence-corrected chi connectivity index (χ4v) is 11.7. The Kier molecular flexibility index (Phi) is 13.5. The Bertz CT molecular complexity index is 2360. The molecule has 14 nitrogen and oxygen atoms in total. The van der Waals surface area contributed by atoms with Crippen LogP contribution < -0.4 is 20.5 Å². The van der Waals surface area contributed by atoms with Crippen molar-refractivity contribution in [1.29, 1.82) is 0 Å². The van der Waals surface area contributed by atoms with Gasteiger partial charge in [-0.05, 0) is 119 Å². The van der Waals surface area contributed by atoms with Crippen LogP contribution in [0.25, 0.3) is 21.8 Å². The number of carbonyl (C=O) groups is 3. The average molecular weight is 887 g/mol. The van der Waals surface area contributed by atoms with Crippen molar-refractivity contribution in [2.24, 2.45) is 11.8 Å². The van der Waals surface area contributed by atoms with E-state index in [9.17, 15) is 22.8 Å². The van der Waals surface area contributed by atoms with Crippen LogP contribution in [-0.4, -0.2) is 95.5 Å². The van der Waals surface area contributed by atoms with E-state index < -0.39 is 15.8 Å². The summed E-state index contributed by atoms with van der Waals surface area (Å²) in [6.45, 7) is 6.13. The number of anilines is 2. The number of piperidine rings is 3. The van der Waals surface area contributed by atoms with Crippen LogP contribution in [0.2, 0.25) is 0 Å². The minimum Gasteiger partial charge on any atom is -0.490 e. The minimum absolute atomic E-state index is 0.0259. The van der Waals surface area contributed by atoms with E-state index in [4.69, 9.17) is 15.5 Å². The second kappa shape index (κ2) is 19.2. The molecule has 0 bridgehead atoms. The quantitative estimate of drug-likeness (QED) is 0.121. The molecule has 8 rings (SSSR count). The lowest BCUT2D eigenvalue weighted by Gasteiger charge is -2.39. The van der Waals surface area contributed by atoms with Gasteiger partial charge in [-0.25, -0.2) is 27.8 Å². The number of amides is 3. The van der Waals surface area contributed by atoms with E-state index >= 15 is 4.39 Å². The molecule has 0 spiro atoms. The molecule has 4 aliphatic rings. The number of hydrogen-bond donors (Lipinski definition) is 3. The van der Waals surface area contributed by atoms with Gasteiger partial charge in [0.1, 0.15) is 5.75 Å². The van der Waals surface area contributed by atoms with E-state index in [1.165, 1.54) is 17.4 Å². The lowest BCUT2D eigenvalue weighted by atomic mass is 9.85. The molecule has 1 aliphatic carbocycles. The highest BCUT2D eigenvalue weighted by Gasteiger charge is 2.34. The predicted molar refractivity (Wildman–Crippen MR) is 236 cm³/mol. The van der Waals surface area contributed by atoms with Crippen molar-refractivity contribution < 1.29 is 31.9 Å². The summed E-state index contributed by atoms with van der Waals surface area (Å²) in [5.41, 5.74) is 7.84. The highest BCUT2D eigenvalue weighted by Crippen LogP contribution is 2.43. The smallest absolute Gasteiger partial charge is 0.234 e. The van der Waals surface area contributed by atoms with E-state index in [0.29, 0.717) is 41.4 Å². The van der Waals surface area contributed by atoms with Gasteiger partial charge in [0.15, 0.2) is 5.82 Å². The van der Waals surface area contributed by atoms with Crippen LogP contribution in [0.5, 0.6) is 5.75 Å². The average Bonchev–Trinajstić information content (AvgIpc) is 3.71. The number of nitrogen functional groups attached to an aromatic ring is 1. The summed E-state index contributed by atoms with van der Waals surface area (Å²) >= 11 is 1.47. The normalized spacial score (nSPS) is 22.0. The third-order valence-electron chi connectivity index (χ3n) is 12.8. The third kappa shape index (κ3) is 10.3. The van der Waals surface area contributed by atoms with Crippen LogP contribution in [0.1, 0.15) is 100.0 Å². The molecule has 2 aromatic heterocycles. The third-order valence-corrected chi connectivity index (χ3v) is 15.5. The topological polar surface area (TPSA) is 190 Å². The Morgan fingerprint density at radius 3 is 2.39 bits per heavy atom. The Balaban J connectivity index is 0.810. The maximum atomic E-state index is 16.1. The first-order valence-electron chi connectivity index (χ1n) is 21.9. The van der Waals surface area contributed by atoms with Crippen LogP contribution in [0.4, 0.5) is 16.0 Å². The van der Waals surface area contributed by atoms with Gasteiger partial charge in [-0.3, -0.25) is 24.4 Å². The molecule has 62 heavy (non-hydrogen) atoms. The number of benzene rings is 2. The number of rotatable bonds is 13. The molecule has 0 unspecified atom stereocenters. The van der Waals surface area contributed by atoms with Crippen molar-refractivity contribution in [3.05, 3.63) is 71.1 Å². The summed E-state index contributed by atoms with van der Waals surface area (Å²) in [4.78, 5) is 56.1. The van der Waals surface area contributed by atoms with Crippen molar-refractivity contribution in [1.82, 2.24) is 30.1 Å². The number of likely N-dealkylation sites (tertiary alicyclic amines) is 2. The van der Waals surface area contributed by atoms with Crippen molar-refractivity contribution in [2.75, 3.05) is 48.9 Å². The van der Waals surface area contributed by atoms with Gasteiger partial charge in [0.2, 0.25) is 33.7 Å². The number of aromatic nitrogens is 3. The zero-order valence-electron chi connectivity index (χ0n) is 35.1. The maximum Gasteiger partial charge on any atom is 0.234 e. The molecule has 17 heteroatoms. The zero-order chi connectivity index (χ0) is 43.4. The minimum atomic E-state index is -3.71. The molecule has 3 aliphatic heterocycles. The molecule has 4 aromatic rings. The van der Waals surface area contributed by atoms with E-state index in [2.05, 4.69) is 29.8 Å². The predicted octanol–water partition coefficient (Wildman–Crippen LogP) is 6.72. The fourth-order valence-electron chi connectivity index (χ4n) is 9.38. The lowest BCUT2D eigenvalue weighted by molar-refractivity contribution is -0.138.